The number of nitrogens with one attached hydrogen (secondary N) is 1. The lowest BCUT2D eigenvalue weighted by atomic mass is 10.3. The van der Waals surface area contributed by atoms with Gasteiger partial charge in [-0.05, 0) is 42.8 Å². The average molecular weight is 273 g/mol. The van der Waals surface area contributed by atoms with Crippen molar-refractivity contribution >= 4 is 22.9 Å². The highest BCUT2D eigenvalue weighted by Crippen LogP contribution is 2.15. The third-order valence-corrected chi connectivity index (χ3v) is 3.15. The van der Waals surface area contributed by atoms with Crippen molar-refractivity contribution in [3.63, 3.8) is 0 Å². The predicted molar refractivity (Wildman–Crippen MR) is 76.5 cm³/mol. The first-order valence-corrected chi connectivity index (χ1v) is 6.40. The minimum Gasteiger partial charge on any atom is -0.378 e. The lowest BCUT2D eigenvalue weighted by molar-refractivity contribution is 0.917. The molecular formula is C14H13ClN4. The van der Waals surface area contributed by atoms with Gasteiger partial charge in [-0.15, -0.1) is 10.2 Å². The van der Waals surface area contributed by atoms with Gasteiger partial charge >= 0.3 is 0 Å². The van der Waals surface area contributed by atoms with E-state index in [0.717, 1.165) is 17.2 Å². The van der Waals surface area contributed by atoms with Crippen molar-refractivity contribution in [2.45, 2.75) is 13.5 Å². The summed E-state index contributed by atoms with van der Waals surface area (Å²) in [5.41, 5.74) is 3.01. The summed E-state index contributed by atoms with van der Waals surface area (Å²) in [5, 5.41) is 12.3. The minimum atomic E-state index is 0.602. The molecule has 4 nitrogen and oxygen atoms in total. The van der Waals surface area contributed by atoms with Crippen LogP contribution in [0.4, 0.5) is 5.69 Å². The number of aryl methyl sites for hydroxylation is 1. The molecule has 19 heavy (non-hydrogen) atoms. The molecule has 3 rings (SSSR count). The highest BCUT2D eigenvalue weighted by atomic mass is 35.5. The molecule has 0 aliphatic carbocycles. The van der Waals surface area contributed by atoms with E-state index in [-0.39, 0.29) is 0 Å². The summed E-state index contributed by atoms with van der Waals surface area (Å²) in [6.45, 7) is 2.64. The van der Waals surface area contributed by atoms with Crippen LogP contribution in [0, 0.1) is 6.92 Å². The van der Waals surface area contributed by atoms with Gasteiger partial charge in [0.1, 0.15) is 0 Å². The molecule has 0 radical (unpaired) electrons. The summed E-state index contributed by atoms with van der Waals surface area (Å²) >= 11 is 5.94. The van der Waals surface area contributed by atoms with E-state index in [1.54, 1.807) is 0 Å². The van der Waals surface area contributed by atoms with Crippen molar-refractivity contribution < 1.29 is 0 Å². The van der Waals surface area contributed by atoms with Crippen molar-refractivity contribution in [1.82, 2.24) is 14.6 Å². The number of pyridine rings is 1. The molecule has 1 N–H and O–H groups in total. The van der Waals surface area contributed by atoms with Crippen LogP contribution in [0.2, 0.25) is 5.02 Å². The smallest absolute Gasteiger partial charge is 0.161 e. The van der Waals surface area contributed by atoms with Crippen LogP contribution in [0.25, 0.3) is 5.65 Å². The summed E-state index contributed by atoms with van der Waals surface area (Å²) in [6.07, 6.45) is 1.99. The second kappa shape index (κ2) is 4.90. The Balaban J connectivity index is 1.82. The Morgan fingerprint density at radius 3 is 2.95 bits per heavy atom. The standard InChI is InChI=1S/C14H13ClN4/c1-10-5-6-19-13(7-10)17-18-14(19)9-16-12-4-2-3-11(15)8-12/h2-8,16H,9H2,1H3. The molecule has 0 unspecified atom stereocenters. The molecule has 2 aromatic heterocycles. The third kappa shape index (κ3) is 2.53. The fourth-order valence-electron chi connectivity index (χ4n) is 1.94. The number of hydrogen-bond acceptors (Lipinski definition) is 3. The number of rotatable bonds is 3. The van der Waals surface area contributed by atoms with Crippen LogP contribution in [0.3, 0.4) is 0 Å². The monoisotopic (exact) mass is 272 g/mol. The fraction of sp³-hybridized carbons (Fsp3) is 0.143. The van der Waals surface area contributed by atoms with E-state index in [0.29, 0.717) is 11.6 Å². The first-order valence-electron chi connectivity index (χ1n) is 6.02. The lowest BCUT2D eigenvalue weighted by Crippen LogP contribution is -2.04. The number of halogens is 1. The van der Waals surface area contributed by atoms with Crippen molar-refractivity contribution in [3.8, 4) is 0 Å². The van der Waals surface area contributed by atoms with E-state index in [1.807, 2.05) is 53.9 Å². The summed E-state index contributed by atoms with van der Waals surface area (Å²) < 4.78 is 1.98. The van der Waals surface area contributed by atoms with Gasteiger partial charge in [0.15, 0.2) is 11.5 Å². The zero-order valence-corrected chi connectivity index (χ0v) is 11.2. The van der Waals surface area contributed by atoms with E-state index >= 15 is 0 Å². The second-order valence-corrected chi connectivity index (χ2v) is 4.85. The summed E-state index contributed by atoms with van der Waals surface area (Å²) in [4.78, 5) is 0. The second-order valence-electron chi connectivity index (χ2n) is 4.41. The number of nitrogens with zero attached hydrogens (tertiary/aromatic N) is 3. The van der Waals surface area contributed by atoms with Gasteiger partial charge in [-0.2, -0.15) is 0 Å². The molecule has 96 valence electrons. The molecule has 0 saturated carbocycles. The van der Waals surface area contributed by atoms with Crippen LogP contribution in [0.15, 0.2) is 42.6 Å². The SMILES string of the molecule is Cc1ccn2c(CNc3cccc(Cl)c3)nnc2c1. The highest BCUT2D eigenvalue weighted by Gasteiger charge is 2.05. The van der Waals surface area contributed by atoms with E-state index < -0.39 is 0 Å². The first-order chi connectivity index (χ1) is 9.22. The number of aromatic nitrogens is 3. The maximum Gasteiger partial charge on any atom is 0.161 e. The largest absolute Gasteiger partial charge is 0.378 e. The van der Waals surface area contributed by atoms with Crippen LogP contribution in [0.1, 0.15) is 11.4 Å². The Morgan fingerprint density at radius 2 is 2.11 bits per heavy atom. The van der Waals surface area contributed by atoms with Gasteiger partial charge in [-0.25, -0.2) is 0 Å². The first kappa shape index (κ1) is 12.0. The van der Waals surface area contributed by atoms with Crippen LogP contribution in [-0.2, 0) is 6.54 Å². The minimum absolute atomic E-state index is 0.602. The molecule has 0 atom stereocenters. The molecule has 0 spiro atoms. The van der Waals surface area contributed by atoms with Gasteiger partial charge < -0.3 is 5.32 Å². The normalized spacial score (nSPS) is 10.8. The average Bonchev–Trinajstić information content (AvgIpc) is 2.78. The number of fused-ring (bicyclic) bond motifs is 1. The molecule has 0 aliphatic heterocycles. The molecular weight excluding hydrogens is 260 g/mol. The molecule has 0 amide bonds. The Morgan fingerprint density at radius 1 is 1.21 bits per heavy atom. The highest BCUT2D eigenvalue weighted by molar-refractivity contribution is 6.30. The van der Waals surface area contributed by atoms with Crippen molar-refractivity contribution in [3.05, 3.63) is 59.0 Å². The number of anilines is 1. The molecule has 0 aliphatic rings. The maximum atomic E-state index is 5.94. The number of hydrogen-bond donors (Lipinski definition) is 1. The van der Waals surface area contributed by atoms with E-state index in [1.165, 1.54) is 5.56 Å². The van der Waals surface area contributed by atoms with Crippen molar-refractivity contribution in [1.29, 1.82) is 0 Å². The zero-order chi connectivity index (χ0) is 13.2. The topological polar surface area (TPSA) is 42.2 Å². The maximum absolute atomic E-state index is 5.94. The van der Waals surface area contributed by atoms with Gasteiger partial charge in [0.2, 0.25) is 0 Å². The lowest BCUT2D eigenvalue weighted by Gasteiger charge is -2.05. The fourth-order valence-corrected chi connectivity index (χ4v) is 2.13. The zero-order valence-electron chi connectivity index (χ0n) is 10.5. The van der Waals surface area contributed by atoms with E-state index in [2.05, 4.69) is 15.5 Å². The van der Waals surface area contributed by atoms with Crippen LogP contribution in [-0.4, -0.2) is 14.6 Å². The number of benzene rings is 1. The molecule has 0 saturated heterocycles. The van der Waals surface area contributed by atoms with Crippen LogP contribution < -0.4 is 5.32 Å². The summed E-state index contributed by atoms with van der Waals surface area (Å²) in [6, 6.07) is 11.7. The van der Waals surface area contributed by atoms with Gasteiger partial charge in [0.05, 0.1) is 6.54 Å². The summed E-state index contributed by atoms with van der Waals surface area (Å²) in [5.74, 6) is 0.870. The quantitative estimate of drug-likeness (QED) is 0.795. The van der Waals surface area contributed by atoms with Gasteiger partial charge in [0.25, 0.3) is 0 Å². The van der Waals surface area contributed by atoms with Crippen molar-refractivity contribution in [2.24, 2.45) is 0 Å². The van der Waals surface area contributed by atoms with E-state index in [4.69, 9.17) is 11.6 Å². The van der Waals surface area contributed by atoms with Gasteiger partial charge in [-0.1, -0.05) is 17.7 Å². The molecule has 1 aromatic carbocycles. The third-order valence-electron chi connectivity index (χ3n) is 2.91. The van der Waals surface area contributed by atoms with Crippen molar-refractivity contribution in [2.75, 3.05) is 5.32 Å². The summed E-state index contributed by atoms with van der Waals surface area (Å²) in [7, 11) is 0. The molecule has 5 heteroatoms. The van der Waals surface area contributed by atoms with Crippen LogP contribution in [0.5, 0.6) is 0 Å². The Kier molecular flexibility index (Phi) is 3.09. The van der Waals surface area contributed by atoms with E-state index in [9.17, 15) is 0 Å². The molecule has 2 heterocycles. The van der Waals surface area contributed by atoms with Gasteiger partial charge in [-0.3, -0.25) is 4.40 Å². The Bertz CT molecular complexity index is 720. The molecule has 0 bridgehead atoms. The van der Waals surface area contributed by atoms with Crippen LogP contribution >= 0.6 is 11.6 Å². The molecule has 0 fully saturated rings. The molecule has 3 aromatic rings. The Labute approximate surface area is 116 Å². The Hall–Kier alpha value is -2.07. The van der Waals surface area contributed by atoms with Gasteiger partial charge in [0, 0.05) is 16.9 Å². The predicted octanol–water partition coefficient (Wildman–Crippen LogP) is 3.30.